The molecule has 1 aromatic heterocycles. The molecule has 2 amide bonds. The lowest BCUT2D eigenvalue weighted by atomic mass is 9.61. The topological polar surface area (TPSA) is 278 Å². The van der Waals surface area contributed by atoms with Crippen LogP contribution in [0, 0.1) is 45.2 Å². The highest BCUT2D eigenvalue weighted by atomic mass is 35.5. The normalized spacial score (nSPS) is 31.0. The van der Waals surface area contributed by atoms with E-state index in [9.17, 15) is 14.0 Å². The summed E-state index contributed by atoms with van der Waals surface area (Å²) in [5.41, 5.74) is 36.1. The lowest BCUT2D eigenvalue weighted by Gasteiger charge is -2.45. The summed E-state index contributed by atoms with van der Waals surface area (Å²) in [7, 11) is 15.8. The Hall–Kier alpha value is -9.48. The minimum atomic E-state index is -1.05. The third-order valence-electron chi connectivity index (χ3n) is 28.8. The second kappa shape index (κ2) is 31.0. The molecule has 5 saturated carbocycles. The van der Waals surface area contributed by atoms with Crippen LogP contribution in [0.1, 0.15) is 166 Å². The van der Waals surface area contributed by atoms with Crippen molar-refractivity contribution < 1.29 is 47.3 Å². The van der Waals surface area contributed by atoms with Gasteiger partial charge >= 0.3 is 0 Å². The Morgan fingerprint density at radius 2 is 0.839 bits per heavy atom. The van der Waals surface area contributed by atoms with Crippen molar-refractivity contribution in [1.29, 1.82) is 0 Å². The molecular weight excluding hydrogens is 1530 g/mol. The molecule has 118 heavy (non-hydrogen) atoms. The molecule has 22 nitrogen and oxygen atoms in total. The van der Waals surface area contributed by atoms with E-state index >= 15 is 0 Å². The van der Waals surface area contributed by atoms with Gasteiger partial charge in [-0.1, -0.05) is 83.6 Å². The number of hydrogen-bond acceptors (Lipinski definition) is 20. The maximum absolute atomic E-state index is 14.0. The summed E-state index contributed by atoms with van der Waals surface area (Å²) in [6, 6.07) is 39.6. The van der Waals surface area contributed by atoms with E-state index in [1.807, 2.05) is 63.8 Å². The number of hydroxylamine groups is 4. The Balaban J connectivity index is 0.000000113. The summed E-state index contributed by atoms with van der Waals surface area (Å²) < 4.78 is 41.9. The molecule has 8 N–H and O–H groups in total. The number of pyridine rings is 1. The van der Waals surface area contributed by atoms with Crippen molar-refractivity contribution in [2.75, 3.05) is 63.7 Å². The van der Waals surface area contributed by atoms with E-state index in [4.69, 9.17) is 99.5 Å². The maximum Gasteiger partial charge on any atom is 0.262 e. The van der Waals surface area contributed by atoms with Crippen LogP contribution in [-0.2, 0) is 86.4 Å². The van der Waals surface area contributed by atoms with Crippen LogP contribution in [0.3, 0.4) is 0 Å². The number of fused-ring (bicyclic) bond motifs is 12. The first-order valence-electron chi connectivity index (χ1n) is 41.5. The Morgan fingerprint density at radius 3 is 1.23 bits per heavy atom. The lowest BCUT2D eigenvalue weighted by Crippen LogP contribution is -2.51. The molecule has 7 aromatic rings. The fraction of sp³-hybridized carbons (Fsp3) is 0.473. The van der Waals surface area contributed by atoms with Crippen LogP contribution < -0.4 is 27.7 Å². The van der Waals surface area contributed by atoms with E-state index < -0.39 is 28.3 Å². The fourth-order valence-electron chi connectivity index (χ4n) is 22.0. The number of amides is 2. The zero-order chi connectivity index (χ0) is 82.6. The Kier molecular flexibility index (Phi) is 21.2. The summed E-state index contributed by atoms with van der Waals surface area (Å²) >= 11 is 12.4. The molecule has 25 heteroatoms. The molecule has 9 aliphatic carbocycles. The van der Waals surface area contributed by atoms with Gasteiger partial charge in [0.1, 0.15) is 11.6 Å². The number of methoxy groups -OCH3 is 5. The number of hydrogen-bond donors (Lipinski definition) is 4. The van der Waals surface area contributed by atoms with Gasteiger partial charge in [-0.2, -0.15) is 0 Å². The van der Waals surface area contributed by atoms with E-state index in [0.717, 1.165) is 190 Å². The summed E-state index contributed by atoms with van der Waals surface area (Å²) in [6.07, 6.45) is 25.9. The van der Waals surface area contributed by atoms with Crippen molar-refractivity contribution in [3.63, 3.8) is 0 Å². The standard InChI is InChI=1S/C25H28ClN3O3.C24H25ClFN3O2.C22H26N4O2.C22H27N3O2/c1-29-22(30)25(28-23(29)27)21-12-15(17-10-18(26)13-20(11-17)32-3)4-5-16(21)14-24(25)8-6-19(31-2)7-9-24;1-29-21(30)24(28-22(29)27)20-11-14(16-9-17(25)12-18(26)10-16)3-4-15(20)13-23(24)7-5-19(31-2)6-8-23;1-26-20(23)25-22(28-26)19-12-15(17-4-3-11-24-14-17)5-6-16(19)13-21(22)9-7-18(27-2)8-10-21;1-25-20(23)24-22(27-25)19-13-16(6-5-15-3-4-15)7-8-17(19)14-21(22)11-9-18(26-2)10-12-21/h4-5,10-13,19H,6-9,14H2,1-3H3,(H2,27,28);3-4,9-12,19H,5-8,13H2,1-2H3,(H2,27,28);3-6,11-12,14,18H,7-10,13H2,1-2H3,(H2,23,25);7-8,13,15,18H,3-4,9-12,14H2,1-2H3,(H2,23,24). The fourth-order valence-corrected chi connectivity index (χ4v) is 22.5. The molecule has 0 bridgehead atoms. The molecule has 4 atom stereocenters. The predicted octanol–water partition coefficient (Wildman–Crippen LogP) is 14.5. The van der Waals surface area contributed by atoms with Crippen LogP contribution in [-0.4, -0.2) is 149 Å². The first-order valence-corrected chi connectivity index (χ1v) is 42.2. The highest BCUT2D eigenvalue weighted by Crippen LogP contribution is 2.67. The maximum atomic E-state index is 14.0. The van der Waals surface area contributed by atoms with Crippen molar-refractivity contribution in [2.45, 2.75) is 188 Å². The van der Waals surface area contributed by atoms with Crippen LogP contribution in [0.5, 0.6) is 5.75 Å². The third kappa shape index (κ3) is 13.3. The first kappa shape index (κ1) is 80.9. The predicted molar refractivity (Wildman–Crippen MR) is 454 cm³/mol. The van der Waals surface area contributed by atoms with Crippen molar-refractivity contribution in [1.82, 2.24) is 24.9 Å². The summed E-state index contributed by atoms with van der Waals surface area (Å²) in [5, 5.41) is 4.18. The van der Waals surface area contributed by atoms with E-state index in [2.05, 4.69) is 77.5 Å². The van der Waals surface area contributed by atoms with Crippen molar-refractivity contribution in [3.05, 3.63) is 200 Å². The Bertz CT molecular complexity index is 5290. The highest BCUT2D eigenvalue weighted by molar-refractivity contribution is 6.31. The number of aliphatic imine (C=N–C) groups is 4. The molecule has 5 heterocycles. The van der Waals surface area contributed by atoms with Gasteiger partial charge in [-0.25, -0.2) is 44.2 Å². The second-order valence-electron chi connectivity index (χ2n) is 34.9. The van der Waals surface area contributed by atoms with Crippen LogP contribution in [0.2, 0.25) is 10.0 Å². The van der Waals surface area contributed by atoms with Gasteiger partial charge in [0, 0.05) is 123 Å². The number of benzene rings is 6. The number of nitrogens with zero attached hydrogens (tertiary/aromatic N) is 9. The average Bonchev–Trinajstić information content (AvgIpc) is 1.39. The van der Waals surface area contributed by atoms with Gasteiger partial charge in [0.2, 0.25) is 23.4 Å². The SMILES string of the molecule is COC1CCC2(CC1)Cc1ccc(-c3cc(F)cc(Cl)c3)cc1C21N=C(N)N(C)C1=O.COC1CCC2(CC1)Cc1ccc(-c3cccnc3)cc1C21N=C(N)N(C)O1.COC1CCC2(CC1)Cc1ccc(C#CC3CC3)cc1C21N=C(N)N(C)O1.COc1cc(Cl)cc(-c2ccc3c(c2)C2(N=C(N)N(C)C2=O)C2(CCC(OC)CC2)C3)c1. The zero-order valence-electron chi connectivity index (χ0n) is 68.8. The van der Waals surface area contributed by atoms with E-state index in [0.29, 0.717) is 51.4 Å². The minimum Gasteiger partial charge on any atom is -0.497 e. The monoisotopic (exact) mass is 1640 g/mol. The van der Waals surface area contributed by atoms with Crippen molar-refractivity contribution in [3.8, 4) is 51.0 Å². The highest BCUT2D eigenvalue weighted by Gasteiger charge is 2.69. The number of carbonyl (C=O) groups excluding carboxylic acids is 2. The van der Waals surface area contributed by atoms with Crippen LogP contribution in [0.25, 0.3) is 33.4 Å². The molecule has 0 saturated heterocycles. The number of halogens is 3. The second-order valence-corrected chi connectivity index (χ2v) is 35.7. The third-order valence-corrected chi connectivity index (χ3v) is 29.2. The molecule has 0 radical (unpaired) electrons. The molecule has 618 valence electrons. The molecule has 4 aliphatic heterocycles. The van der Waals surface area contributed by atoms with Gasteiger partial charge in [-0.05, 0) is 281 Å². The molecule has 20 rings (SSSR count). The quantitative estimate of drug-likeness (QED) is 0.103. The number of likely N-dealkylation sites (N-methyl/N-ethyl adjacent to an activating group) is 2. The van der Waals surface area contributed by atoms with Gasteiger partial charge < -0.3 is 46.6 Å². The molecule has 13 aliphatic rings. The first-order chi connectivity index (χ1) is 56.7. The van der Waals surface area contributed by atoms with E-state index in [1.54, 1.807) is 71.0 Å². The van der Waals surface area contributed by atoms with Gasteiger partial charge in [0.05, 0.1) is 31.5 Å². The largest absolute Gasteiger partial charge is 0.497 e. The number of rotatable bonds is 8. The smallest absolute Gasteiger partial charge is 0.262 e. The number of carbonyl (C=O) groups is 2. The summed E-state index contributed by atoms with van der Waals surface area (Å²) in [6.45, 7) is 0. The van der Waals surface area contributed by atoms with Crippen LogP contribution in [0.4, 0.5) is 4.39 Å². The number of aromatic nitrogens is 1. The van der Waals surface area contributed by atoms with E-state index in [1.165, 1.54) is 51.5 Å². The van der Waals surface area contributed by atoms with Gasteiger partial charge in [-0.15, -0.1) is 0 Å². The van der Waals surface area contributed by atoms with Crippen LogP contribution >= 0.6 is 23.2 Å². The van der Waals surface area contributed by atoms with Crippen molar-refractivity contribution >= 4 is 58.9 Å². The Morgan fingerprint density at radius 1 is 0.441 bits per heavy atom. The van der Waals surface area contributed by atoms with E-state index in [-0.39, 0.29) is 57.6 Å². The number of guanidine groups is 4. The molecule has 5 fully saturated rings. The van der Waals surface area contributed by atoms with Crippen LogP contribution in [0.15, 0.2) is 154 Å². The summed E-state index contributed by atoms with van der Waals surface area (Å²) in [5.74, 6) is 8.89. The molecule has 4 unspecified atom stereocenters. The number of nitrogens with two attached hydrogens (primary N) is 4. The molecule has 8 spiro atoms. The summed E-state index contributed by atoms with van der Waals surface area (Å²) in [4.78, 5) is 67.2. The van der Waals surface area contributed by atoms with Gasteiger partial charge in [0.15, 0.2) is 23.0 Å². The van der Waals surface area contributed by atoms with Crippen molar-refractivity contribution in [2.24, 2.45) is 70.5 Å². The van der Waals surface area contributed by atoms with Gasteiger partial charge in [-0.3, -0.25) is 24.4 Å². The lowest BCUT2D eigenvalue weighted by molar-refractivity contribution is -0.232. The molecule has 6 aromatic carbocycles. The molecular formula is C93H106Cl2FN13O9. The minimum absolute atomic E-state index is 0.0366. The van der Waals surface area contributed by atoms with Gasteiger partial charge in [0.25, 0.3) is 11.8 Å². The number of ether oxygens (including phenoxy) is 5. The average molecular weight is 1640 g/mol. The zero-order valence-corrected chi connectivity index (χ0v) is 70.3. The Labute approximate surface area is 700 Å².